The molecule has 0 unspecified atom stereocenters. The van der Waals surface area contributed by atoms with Gasteiger partial charge in [-0.15, -0.1) is 0 Å². The molecule has 200 valence electrons. The summed E-state index contributed by atoms with van der Waals surface area (Å²) in [5.74, 6) is 1.08. The van der Waals surface area contributed by atoms with Crippen LogP contribution in [-0.2, 0) is 11.3 Å². The minimum Gasteiger partial charge on any atom is -0.490 e. The maximum atomic E-state index is 13.4. The normalized spacial score (nSPS) is 14.1. The lowest BCUT2D eigenvalue weighted by Gasteiger charge is -2.30. The van der Waals surface area contributed by atoms with Crippen LogP contribution in [0.5, 0.6) is 11.5 Å². The molecule has 1 amide bonds. The lowest BCUT2D eigenvalue weighted by Crippen LogP contribution is -2.36. The molecule has 1 aliphatic rings. The third-order valence-corrected chi connectivity index (χ3v) is 6.66. The Kier molecular flexibility index (Phi) is 8.74. The van der Waals surface area contributed by atoms with E-state index in [1.165, 1.54) is 5.56 Å². The summed E-state index contributed by atoms with van der Waals surface area (Å²) < 4.78 is 11.7. The van der Waals surface area contributed by atoms with Crippen molar-refractivity contribution in [2.24, 2.45) is 0 Å². The van der Waals surface area contributed by atoms with Gasteiger partial charge in [-0.05, 0) is 70.9 Å². The van der Waals surface area contributed by atoms with Crippen molar-refractivity contribution in [3.8, 4) is 11.5 Å². The van der Waals surface area contributed by atoms with Gasteiger partial charge in [0.1, 0.15) is 0 Å². The van der Waals surface area contributed by atoms with Gasteiger partial charge in [0.25, 0.3) is 5.91 Å². The first-order valence-electron chi connectivity index (χ1n) is 13.5. The minimum atomic E-state index is -0.163. The van der Waals surface area contributed by atoms with Crippen LogP contribution >= 0.6 is 0 Å². The molecule has 3 aromatic rings. The Labute approximate surface area is 226 Å². The SMILES string of the molecule is CCOc1cc2c(cc1OCC)C(=C(Nc1ccc(CN(C(C)C)C(C)C)cc1)c1ccccc1)C(=O)N2. The Morgan fingerprint density at radius 3 is 2.05 bits per heavy atom. The molecule has 1 heterocycles. The maximum absolute atomic E-state index is 13.4. The van der Waals surface area contributed by atoms with Gasteiger partial charge in [-0.1, -0.05) is 42.5 Å². The van der Waals surface area contributed by atoms with E-state index in [9.17, 15) is 4.79 Å². The van der Waals surface area contributed by atoms with Crippen LogP contribution in [0.2, 0.25) is 0 Å². The number of amides is 1. The summed E-state index contributed by atoms with van der Waals surface area (Å²) in [6.07, 6.45) is 0. The predicted molar refractivity (Wildman–Crippen MR) is 157 cm³/mol. The molecule has 3 aromatic carbocycles. The molecule has 38 heavy (non-hydrogen) atoms. The third-order valence-electron chi connectivity index (χ3n) is 6.66. The Morgan fingerprint density at radius 1 is 0.868 bits per heavy atom. The monoisotopic (exact) mass is 513 g/mol. The van der Waals surface area contributed by atoms with Crippen molar-refractivity contribution in [1.82, 2.24) is 4.90 Å². The highest BCUT2D eigenvalue weighted by Gasteiger charge is 2.30. The van der Waals surface area contributed by atoms with Crippen LogP contribution in [0.15, 0.2) is 66.7 Å². The number of carbonyl (C=O) groups excluding carboxylic acids is 1. The van der Waals surface area contributed by atoms with Gasteiger partial charge in [0.05, 0.1) is 30.2 Å². The summed E-state index contributed by atoms with van der Waals surface area (Å²) in [6.45, 7) is 14.7. The Balaban J connectivity index is 1.74. The number of hydrogen-bond acceptors (Lipinski definition) is 5. The minimum absolute atomic E-state index is 0.163. The highest BCUT2D eigenvalue weighted by atomic mass is 16.5. The van der Waals surface area contributed by atoms with Crippen LogP contribution in [0.25, 0.3) is 11.3 Å². The molecular weight excluding hydrogens is 474 g/mol. The van der Waals surface area contributed by atoms with Crippen molar-refractivity contribution in [2.75, 3.05) is 23.8 Å². The molecular formula is C32H39N3O3. The van der Waals surface area contributed by atoms with Crippen LogP contribution in [0.1, 0.15) is 58.2 Å². The van der Waals surface area contributed by atoms with E-state index in [-0.39, 0.29) is 5.91 Å². The van der Waals surface area contributed by atoms with E-state index in [0.29, 0.717) is 48.1 Å². The third kappa shape index (κ3) is 6.03. The topological polar surface area (TPSA) is 62.8 Å². The second-order valence-electron chi connectivity index (χ2n) is 9.96. The summed E-state index contributed by atoms with van der Waals surface area (Å²) >= 11 is 0. The number of benzene rings is 3. The molecule has 4 rings (SSSR count). The number of anilines is 2. The molecule has 1 aliphatic heterocycles. The number of hydrogen-bond donors (Lipinski definition) is 2. The van der Waals surface area contributed by atoms with Gasteiger partial charge in [0.15, 0.2) is 11.5 Å². The summed E-state index contributed by atoms with van der Waals surface area (Å²) in [6, 6.07) is 23.1. The number of carbonyl (C=O) groups is 1. The van der Waals surface area contributed by atoms with Crippen LogP contribution in [-0.4, -0.2) is 36.1 Å². The molecule has 0 aliphatic carbocycles. The van der Waals surface area contributed by atoms with E-state index in [1.54, 1.807) is 0 Å². The highest BCUT2D eigenvalue weighted by Crippen LogP contribution is 2.43. The highest BCUT2D eigenvalue weighted by molar-refractivity contribution is 6.37. The number of rotatable bonds is 11. The quantitative estimate of drug-likeness (QED) is 0.269. The molecule has 6 heteroatoms. The predicted octanol–water partition coefficient (Wildman–Crippen LogP) is 7.04. The Morgan fingerprint density at radius 2 is 1.47 bits per heavy atom. The fourth-order valence-electron chi connectivity index (χ4n) is 4.86. The fraction of sp³-hybridized carbons (Fsp3) is 0.344. The molecule has 0 atom stereocenters. The standard InChI is InChI=1S/C32H39N3O3/c1-7-37-28-18-26-27(19-29(28)38-8-2)34-32(36)30(26)31(24-12-10-9-11-13-24)33-25-16-14-23(15-17-25)20-35(21(3)4)22(5)6/h9-19,21-22,33H,7-8,20H2,1-6H3,(H,34,36). The number of nitrogens with zero attached hydrogens (tertiary/aromatic N) is 1. The average Bonchev–Trinajstić information content (AvgIpc) is 3.21. The summed E-state index contributed by atoms with van der Waals surface area (Å²) in [5.41, 5.74) is 5.90. The van der Waals surface area contributed by atoms with Crippen molar-refractivity contribution in [1.29, 1.82) is 0 Å². The zero-order valence-corrected chi connectivity index (χ0v) is 23.3. The summed E-state index contributed by atoms with van der Waals surface area (Å²) in [7, 11) is 0. The summed E-state index contributed by atoms with van der Waals surface area (Å²) in [5, 5.41) is 6.58. The van der Waals surface area contributed by atoms with E-state index in [2.05, 4.69) is 67.5 Å². The second-order valence-corrected chi connectivity index (χ2v) is 9.96. The number of ether oxygens (including phenoxy) is 2. The van der Waals surface area contributed by atoms with Crippen molar-refractivity contribution in [2.45, 2.75) is 60.2 Å². The van der Waals surface area contributed by atoms with Crippen LogP contribution in [0, 0.1) is 0 Å². The fourth-order valence-corrected chi connectivity index (χ4v) is 4.86. The van der Waals surface area contributed by atoms with Crippen molar-refractivity contribution in [3.63, 3.8) is 0 Å². The zero-order valence-electron chi connectivity index (χ0n) is 23.3. The molecule has 0 fully saturated rings. The molecule has 0 saturated heterocycles. The summed E-state index contributed by atoms with van der Waals surface area (Å²) in [4.78, 5) is 15.8. The van der Waals surface area contributed by atoms with Gasteiger partial charge in [0, 0.05) is 35.9 Å². The molecule has 2 N–H and O–H groups in total. The van der Waals surface area contributed by atoms with Crippen molar-refractivity contribution >= 4 is 28.6 Å². The first kappa shape index (κ1) is 27.3. The number of nitrogens with one attached hydrogen (secondary N) is 2. The number of fused-ring (bicyclic) bond motifs is 1. The van der Waals surface area contributed by atoms with Gasteiger partial charge in [-0.25, -0.2) is 0 Å². The van der Waals surface area contributed by atoms with Gasteiger partial charge in [0.2, 0.25) is 0 Å². The average molecular weight is 514 g/mol. The van der Waals surface area contributed by atoms with Crippen LogP contribution in [0.3, 0.4) is 0 Å². The van der Waals surface area contributed by atoms with Crippen molar-refractivity contribution < 1.29 is 14.3 Å². The van der Waals surface area contributed by atoms with E-state index in [1.807, 2.05) is 56.3 Å². The van der Waals surface area contributed by atoms with E-state index < -0.39 is 0 Å². The lowest BCUT2D eigenvalue weighted by atomic mass is 9.99. The van der Waals surface area contributed by atoms with Gasteiger partial charge < -0.3 is 20.1 Å². The second kappa shape index (κ2) is 12.2. The Bertz CT molecular complexity index is 1270. The molecule has 6 nitrogen and oxygen atoms in total. The smallest absolute Gasteiger partial charge is 0.258 e. The molecule has 0 radical (unpaired) electrons. The van der Waals surface area contributed by atoms with Crippen LogP contribution in [0.4, 0.5) is 11.4 Å². The molecule has 0 aromatic heterocycles. The largest absolute Gasteiger partial charge is 0.490 e. The van der Waals surface area contributed by atoms with Gasteiger partial charge in [-0.3, -0.25) is 9.69 Å². The Hall–Kier alpha value is -3.77. The van der Waals surface area contributed by atoms with Gasteiger partial charge >= 0.3 is 0 Å². The maximum Gasteiger partial charge on any atom is 0.258 e. The zero-order chi connectivity index (χ0) is 27.2. The van der Waals surface area contributed by atoms with Crippen molar-refractivity contribution in [3.05, 3.63) is 83.4 Å². The molecule has 0 saturated carbocycles. The first-order chi connectivity index (χ1) is 18.3. The van der Waals surface area contributed by atoms with E-state index in [4.69, 9.17) is 9.47 Å². The lowest BCUT2D eigenvalue weighted by molar-refractivity contribution is -0.110. The van der Waals surface area contributed by atoms with E-state index in [0.717, 1.165) is 29.1 Å². The first-order valence-corrected chi connectivity index (χ1v) is 13.5. The molecule has 0 bridgehead atoms. The molecule has 0 spiro atoms. The van der Waals surface area contributed by atoms with Crippen LogP contribution < -0.4 is 20.1 Å². The van der Waals surface area contributed by atoms with E-state index >= 15 is 0 Å². The van der Waals surface area contributed by atoms with Gasteiger partial charge in [-0.2, -0.15) is 0 Å².